The van der Waals surface area contributed by atoms with Crippen LogP contribution in [0.3, 0.4) is 0 Å². The lowest BCUT2D eigenvalue weighted by Gasteiger charge is -2.21. The monoisotopic (exact) mass is 1110 g/mol. The molecule has 0 aromatic rings. The molecule has 0 aromatic carbocycles. The minimum absolute atomic E-state index is 0.0890. The molecule has 12 heteroatoms. The van der Waals surface area contributed by atoms with Crippen LogP contribution in [0.5, 0.6) is 0 Å². The van der Waals surface area contributed by atoms with Crippen LogP contribution in [0.2, 0.25) is 0 Å². The number of carbonyl (C=O) groups excluding carboxylic acids is 3. The second kappa shape index (κ2) is 58.8. The quantitative estimate of drug-likeness (QED) is 0.0197. The van der Waals surface area contributed by atoms with Crippen LogP contribution >= 0.6 is 7.82 Å². The van der Waals surface area contributed by atoms with Crippen LogP contribution < -0.4 is 0 Å². The molecule has 0 saturated carbocycles. The van der Waals surface area contributed by atoms with Crippen LogP contribution in [-0.4, -0.2) is 66.5 Å². The van der Waals surface area contributed by atoms with Crippen molar-refractivity contribution in [3.63, 3.8) is 0 Å². The minimum Gasteiger partial charge on any atom is -0.462 e. The normalized spacial score (nSPS) is 14.3. The summed E-state index contributed by atoms with van der Waals surface area (Å²) in [6.07, 6.45) is 74.2. The maximum absolute atomic E-state index is 12.9. The van der Waals surface area contributed by atoms with E-state index in [1.165, 1.54) is 51.4 Å². The van der Waals surface area contributed by atoms with Gasteiger partial charge in [0.15, 0.2) is 6.10 Å². The van der Waals surface area contributed by atoms with Gasteiger partial charge in [-0.05, 0) is 128 Å². The molecule has 0 amide bonds. The number of rotatable bonds is 54. The molecule has 0 bridgehead atoms. The van der Waals surface area contributed by atoms with E-state index >= 15 is 0 Å². The summed E-state index contributed by atoms with van der Waals surface area (Å²) >= 11 is 0. The molecule has 0 aliphatic heterocycles. The van der Waals surface area contributed by atoms with Gasteiger partial charge >= 0.3 is 25.7 Å². The fourth-order valence-electron chi connectivity index (χ4n) is 7.53. The molecule has 442 valence electrons. The average Bonchev–Trinajstić information content (AvgIpc) is 3.43. The summed E-state index contributed by atoms with van der Waals surface area (Å²) in [5.41, 5.74) is 0. The van der Waals surface area contributed by atoms with Gasteiger partial charge in [0, 0.05) is 19.3 Å². The Morgan fingerprint density at radius 2 is 0.679 bits per heavy atom. The van der Waals surface area contributed by atoms with Crippen LogP contribution in [0.4, 0.5) is 0 Å². The number of phosphoric acid groups is 1. The Labute approximate surface area is 474 Å². The van der Waals surface area contributed by atoms with Crippen LogP contribution in [-0.2, 0) is 42.2 Å². The van der Waals surface area contributed by atoms with Gasteiger partial charge in [-0.25, -0.2) is 4.57 Å². The molecule has 0 aliphatic carbocycles. The molecule has 0 radical (unpaired) electrons. The van der Waals surface area contributed by atoms with E-state index in [0.29, 0.717) is 25.7 Å². The highest BCUT2D eigenvalue weighted by Gasteiger charge is 2.28. The number of phosphoric ester groups is 1. The summed E-state index contributed by atoms with van der Waals surface area (Å²) in [4.78, 5) is 48.6. The second-order valence-corrected chi connectivity index (χ2v) is 20.8. The molecule has 0 saturated heterocycles. The van der Waals surface area contributed by atoms with Crippen molar-refractivity contribution in [1.29, 1.82) is 0 Å². The number of esters is 3. The van der Waals surface area contributed by atoms with Crippen molar-refractivity contribution in [3.8, 4) is 0 Å². The lowest BCUT2D eigenvalue weighted by atomic mass is 10.1. The highest BCUT2D eigenvalue weighted by Crippen LogP contribution is 2.43. The molecule has 11 nitrogen and oxygen atoms in total. The number of aliphatic hydroxyl groups is 1. The summed E-state index contributed by atoms with van der Waals surface area (Å²) in [6, 6.07) is 0. The molecule has 3 unspecified atom stereocenters. The molecule has 3 atom stereocenters. The second-order valence-electron chi connectivity index (χ2n) is 19.4. The summed E-state index contributed by atoms with van der Waals surface area (Å²) < 4.78 is 39.5. The van der Waals surface area contributed by atoms with Crippen LogP contribution in [0, 0.1) is 0 Å². The first-order valence-electron chi connectivity index (χ1n) is 30.1. The molecule has 2 N–H and O–H groups in total. The first-order valence-corrected chi connectivity index (χ1v) is 31.6. The molecule has 0 aliphatic rings. The smallest absolute Gasteiger partial charge is 0.462 e. The first kappa shape index (κ1) is 73.6. The van der Waals surface area contributed by atoms with E-state index < -0.39 is 57.8 Å². The van der Waals surface area contributed by atoms with Crippen molar-refractivity contribution >= 4 is 25.7 Å². The Balaban J connectivity index is 4.84. The minimum atomic E-state index is -4.79. The van der Waals surface area contributed by atoms with E-state index in [0.717, 1.165) is 109 Å². The van der Waals surface area contributed by atoms with Crippen molar-refractivity contribution in [2.75, 3.05) is 26.4 Å². The molecular weight excluding hydrogens is 1000 g/mol. The van der Waals surface area contributed by atoms with Gasteiger partial charge in [-0.3, -0.25) is 23.4 Å². The van der Waals surface area contributed by atoms with Crippen LogP contribution in [0.25, 0.3) is 0 Å². The maximum atomic E-state index is 12.9. The molecule has 0 heterocycles. The third-order valence-corrected chi connectivity index (χ3v) is 13.0. The highest BCUT2D eigenvalue weighted by atomic mass is 31.2. The third-order valence-electron chi connectivity index (χ3n) is 12.0. The lowest BCUT2D eigenvalue weighted by molar-refractivity contribution is -0.161. The standard InChI is InChI=1S/C66H107O11P/c1-4-7-10-13-16-19-22-25-28-30-31-33-36-39-42-45-48-51-54-57-66(70)77-63(59-73-64(68)55-52-49-46-43-40-37-34-27-24-21-18-15-12-9-6-3)61-75-78(71,72)74-60-62(58-67)76-65(69)56-53-50-47-44-41-38-35-32-29-26-23-20-17-14-11-8-5-2/h8-9,11-12,16-21,25-29,34-35,38,40,43-44,47,62-63,67H,4-7,10,13-15,22-24,30-33,36-37,39,41-42,45-46,48-61H2,1-3H3,(H,71,72)/b11-8-,12-9-,19-16-,20-17-,21-18-,28-25-,29-26-,34-27-,38-35-,43-40-,47-44-. The van der Waals surface area contributed by atoms with Gasteiger partial charge < -0.3 is 24.2 Å². The number of ether oxygens (including phenoxy) is 3. The number of hydrogen-bond acceptors (Lipinski definition) is 10. The van der Waals surface area contributed by atoms with Crippen molar-refractivity contribution in [2.24, 2.45) is 0 Å². The van der Waals surface area contributed by atoms with E-state index in [1.54, 1.807) is 0 Å². The summed E-state index contributed by atoms with van der Waals surface area (Å²) in [5.74, 6) is -1.59. The Bertz CT molecular complexity index is 1820. The number of carbonyl (C=O) groups is 3. The fraction of sp³-hybridized carbons (Fsp3) is 0.621. The van der Waals surface area contributed by atoms with E-state index in [1.807, 2.05) is 12.2 Å². The Morgan fingerprint density at radius 1 is 0.372 bits per heavy atom. The van der Waals surface area contributed by atoms with E-state index in [9.17, 15) is 28.9 Å². The van der Waals surface area contributed by atoms with Crippen molar-refractivity contribution < 1.29 is 52.2 Å². The van der Waals surface area contributed by atoms with Crippen LogP contribution in [0.15, 0.2) is 134 Å². The van der Waals surface area contributed by atoms with Gasteiger partial charge in [-0.15, -0.1) is 0 Å². The van der Waals surface area contributed by atoms with Gasteiger partial charge in [-0.2, -0.15) is 0 Å². The zero-order valence-electron chi connectivity index (χ0n) is 48.8. The van der Waals surface area contributed by atoms with Gasteiger partial charge in [0.05, 0.1) is 19.8 Å². The van der Waals surface area contributed by atoms with Gasteiger partial charge in [0.1, 0.15) is 12.7 Å². The van der Waals surface area contributed by atoms with E-state index in [2.05, 4.69) is 142 Å². The predicted octanol–water partition coefficient (Wildman–Crippen LogP) is 18.1. The highest BCUT2D eigenvalue weighted by molar-refractivity contribution is 7.47. The summed E-state index contributed by atoms with van der Waals surface area (Å²) in [5, 5.41) is 9.82. The zero-order valence-corrected chi connectivity index (χ0v) is 49.7. The molecule has 78 heavy (non-hydrogen) atoms. The number of unbranched alkanes of at least 4 members (excludes halogenated alkanes) is 15. The summed E-state index contributed by atoms with van der Waals surface area (Å²) in [6.45, 7) is 4.27. The molecule has 0 rings (SSSR count). The Kier molecular flexibility index (Phi) is 55.5. The molecule has 0 aromatic heterocycles. The fourth-order valence-corrected chi connectivity index (χ4v) is 8.31. The molecule has 0 fully saturated rings. The Morgan fingerprint density at radius 3 is 1.10 bits per heavy atom. The number of aliphatic hydroxyl groups excluding tert-OH is 1. The molecule has 0 spiro atoms. The SMILES string of the molecule is CC/C=C\C/C=C\C/C=C\C/C=C\C/C=C\CCCC(=O)OC(CO)COP(=O)(O)OCC(COC(=O)CCCC/C=C\C/C=C\C/C=C\C/C=C\CC)OC(=O)CCCCCCCCCCC/C=C\C/C=C\CCCCC. The van der Waals surface area contributed by atoms with Crippen molar-refractivity contribution in [1.82, 2.24) is 0 Å². The van der Waals surface area contributed by atoms with E-state index in [-0.39, 0.29) is 25.9 Å². The van der Waals surface area contributed by atoms with Crippen molar-refractivity contribution in [3.05, 3.63) is 134 Å². The number of allylic oxidation sites excluding steroid dienone is 22. The van der Waals surface area contributed by atoms with Gasteiger partial charge in [-0.1, -0.05) is 212 Å². The largest absolute Gasteiger partial charge is 0.472 e. The maximum Gasteiger partial charge on any atom is 0.472 e. The lowest BCUT2D eigenvalue weighted by Crippen LogP contribution is -2.30. The van der Waals surface area contributed by atoms with Crippen LogP contribution in [0.1, 0.15) is 226 Å². The Hall–Kier alpha value is -4.38. The summed E-state index contributed by atoms with van der Waals surface area (Å²) in [7, 11) is -4.79. The van der Waals surface area contributed by atoms with Gasteiger partial charge in [0.2, 0.25) is 0 Å². The van der Waals surface area contributed by atoms with E-state index in [4.69, 9.17) is 23.3 Å². The topological polar surface area (TPSA) is 155 Å². The first-order chi connectivity index (χ1) is 38.2. The van der Waals surface area contributed by atoms with Crippen molar-refractivity contribution in [2.45, 2.75) is 238 Å². The predicted molar refractivity (Wildman–Crippen MR) is 325 cm³/mol. The van der Waals surface area contributed by atoms with Gasteiger partial charge in [0.25, 0.3) is 0 Å². The third kappa shape index (κ3) is 56.3. The average molecular weight is 1110 g/mol. The molecular formula is C66H107O11P. The zero-order chi connectivity index (χ0) is 56.9. The number of hydrogen-bond donors (Lipinski definition) is 2.